The molecule has 39 heavy (non-hydrogen) atoms. The van der Waals surface area contributed by atoms with Gasteiger partial charge in [-0.25, -0.2) is 9.18 Å². The maximum atomic E-state index is 13.7. The lowest BCUT2D eigenvalue weighted by Crippen LogP contribution is -2.31. The average molecular weight is 548 g/mol. The first-order chi connectivity index (χ1) is 18.5. The molecule has 0 heterocycles. The van der Waals surface area contributed by atoms with Crippen molar-refractivity contribution in [2.24, 2.45) is 0 Å². The van der Waals surface area contributed by atoms with Crippen molar-refractivity contribution < 1.29 is 41.4 Å². The van der Waals surface area contributed by atoms with Crippen LogP contribution < -0.4 is 4.74 Å². The molecule has 0 N–H and O–H groups in total. The Balaban J connectivity index is 1.96. The Labute approximate surface area is 224 Å². The molecule has 0 aromatic heterocycles. The summed E-state index contributed by atoms with van der Waals surface area (Å²) >= 11 is 0. The van der Waals surface area contributed by atoms with E-state index in [-0.39, 0.29) is 38.3 Å². The molecule has 0 aliphatic carbocycles. The van der Waals surface area contributed by atoms with Gasteiger partial charge >= 0.3 is 18.2 Å². The lowest BCUT2D eigenvalue weighted by molar-refractivity contribution is -0.142. The van der Waals surface area contributed by atoms with E-state index in [4.69, 9.17) is 14.2 Å². The van der Waals surface area contributed by atoms with Crippen LogP contribution in [0.15, 0.2) is 60.7 Å². The van der Waals surface area contributed by atoms with Crippen LogP contribution in [0, 0.1) is 5.82 Å². The molecule has 0 aliphatic rings. The summed E-state index contributed by atoms with van der Waals surface area (Å²) in [6.07, 6.45) is -5.37. The largest absolute Gasteiger partial charge is 0.496 e. The third-order valence-electron chi connectivity index (χ3n) is 5.92. The quantitative estimate of drug-likeness (QED) is 0.207. The number of hydrogen-bond donors (Lipinski definition) is 0. The molecular formula is C29H29F4NO5. The van der Waals surface area contributed by atoms with E-state index in [2.05, 4.69) is 0 Å². The highest BCUT2D eigenvalue weighted by Crippen LogP contribution is 2.38. The summed E-state index contributed by atoms with van der Waals surface area (Å²) in [5.41, 5.74) is 1.17. The zero-order valence-electron chi connectivity index (χ0n) is 21.8. The Morgan fingerprint density at radius 2 is 1.56 bits per heavy atom. The van der Waals surface area contributed by atoms with Gasteiger partial charge in [0.1, 0.15) is 18.2 Å². The molecule has 0 saturated carbocycles. The van der Waals surface area contributed by atoms with Crippen LogP contribution in [0.3, 0.4) is 0 Å². The van der Waals surface area contributed by atoms with E-state index in [9.17, 15) is 27.2 Å². The third-order valence-corrected chi connectivity index (χ3v) is 5.92. The number of ether oxygens (including phenoxy) is 3. The van der Waals surface area contributed by atoms with Crippen molar-refractivity contribution in [2.45, 2.75) is 39.6 Å². The summed E-state index contributed by atoms with van der Waals surface area (Å²) in [6, 6.07) is 13.5. The number of carbonyl (C=O) groups excluding carboxylic acids is 2. The zero-order valence-corrected chi connectivity index (χ0v) is 21.8. The van der Waals surface area contributed by atoms with Crippen molar-refractivity contribution in [1.29, 1.82) is 0 Å². The number of alkyl halides is 3. The Morgan fingerprint density at radius 1 is 0.872 bits per heavy atom. The second-order valence-corrected chi connectivity index (χ2v) is 8.58. The van der Waals surface area contributed by atoms with Gasteiger partial charge in [-0.05, 0) is 72.5 Å². The van der Waals surface area contributed by atoms with Crippen LogP contribution in [-0.2, 0) is 40.0 Å². The average Bonchev–Trinajstić information content (AvgIpc) is 2.90. The molecule has 3 aromatic carbocycles. The minimum Gasteiger partial charge on any atom is -0.496 e. The lowest BCUT2D eigenvalue weighted by atomic mass is 9.94. The van der Waals surface area contributed by atoms with E-state index >= 15 is 0 Å². The maximum absolute atomic E-state index is 13.7. The fourth-order valence-electron chi connectivity index (χ4n) is 3.92. The van der Waals surface area contributed by atoms with Gasteiger partial charge in [-0.3, -0.25) is 4.79 Å². The van der Waals surface area contributed by atoms with Gasteiger partial charge in [-0.15, -0.1) is 0 Å². The van der Waals surface area contributed by atoms with Gasteiger partial charge in [0.05, 0.1) is 25.7 Å². The molecular weight excluding hydrogens is 518 g/mol. The van der Waals surface area contributed by atoms with Crippen molar-refractivity contribution >= 4 is 12.1 Å². The summed E-state index contributed by atoms with van der Waals surface area (Å²) in [4.78, 5) is 26.2. The molecule has 3 aromatic rings. The van der Waals surface area contributed by atoms with Crippen LogP contribution in [0.25, 0.3) is 11.1 Å². The van der Waals surface area contributed by atoms with Gasteiger partial charge in [-0.2, -0.15) is 13.2 Å². The number of benzene rings is 3. The molecule has 0 bridgehead atoms. The molecule has 208 valence electrons. The Kier molecular flexibility index (Phi) is 9.92. The van der Waals surface area contributed by atoms with Crippen LogP contribution >= 0.6 is 0 Å². The number of nitrogens with zero attached hydrogens (tertiary/aromatic N) is 1. The summed E-state index contributed by atoms with van der Waals surface area (Å²) < 4.78 is 70.0. The summed E-state index contributed by atoms with van der Waals surface area (Å²) in [6.45, 7) is 3.64. The van der Waals surface area contributed by atoms with Gasteiger partial charge in [0.2, 0.25) is 0 Å². The first-order valence-electron chi connectivity index (χ1n) is 12.2. The van der Waals surface area contributed by atoms with Crippen LogP contribution in [0.1, 0.15) is 36.1 Å². The minimum absolute atomic E-state index is 0.0581. The first-order valence-corrected chi connectivity index (χ1v) is 12.2. The zero-order chi connectivity index (χ0) is 28.6. The monoisotopic (exact) mass is 547 g/mol. The highest BCUT2D eigenvalue weighted by molar-refractivity contribution is 5.78. The number of methoxy groups -OCH3 is 1. The van der Waals surface area contributed by atoms with Gasteiger partial charge in [0, 0.05) is 18.7 Å². The molecule has 3 rings (SSSR count). The highest BCUT2D eigenvalue weighted by Gasteiger charge is 2.32. The van der Waals surface area contributed by atoms with Crippen molar-refractivity contribution in [3.8, 4) is 16.9 Å². The summed E-state index contributed by atoms with van der Waals surface area (Å²) in [7, 11) is 1.39. The molecule has 10 heteroatoms. The number of rotatable bonds is 10. The number of amides is 1. The Bertz CT molecular complexity index is 1290. The normalized spacial score (nSPS) is 11.2. The van der Waals surface area contributed by atoms with Gasteiger partial charge < -0.3 is 19.1 Å². The molecule has 1 amide bonds. The smallest absolute Gasteiger partial charge is 0.416 e. The maximum Gasteiger partial charge on any atom is 0.416 e. The molecule has 0 atom stereocenters. The molecule has 0 spiro atoms. The van der Waals surface area contributed by atoms with E-state index in [1.807, 2.05) is 0 Å². The first kappa shape index (κ1) is 29.5. The molecule has 0 fully saturated rings. The number of hydrogen-bond acceptors (Lipinski definition) is 5. The van der Waals surface area contributed by atoms with E-state index in [0.29, 0.717) is 28.0 Å². The second-order valence-electron chi connectivity index (χ2n) is 8.58. The standard InChI is InChI=1S/C29H29F4NO5/c1-4-34(28(36)39-18-19-6-11-23(30)12-7-19)17-21-9-10-22(29(31,32)33)16-24(21)25-14-20(8-13-26(25)37-3)15-27(35)38-5-2/h6-14,16H,4-5,15,17-18H2,1-3H3. The third kappa shape index (κ3) is 7.95. The van der Waals surface area contributed by atoms with Crippen LogP contribution in [0.2, 0.25) is 0 Å². The van der Waals surface area contributed by atoms with Crippen molar-refractivity contribution in [1.82, 2.24) is 4.90 Å². The Hall–Kier alpha value is -4.08. The highest BCUT2D eigenvalue weighted by atomic mass is 19.4. The van der Waals surface area contributed by atoms with E-state index in [0.717, 1.165) is 12.1 Å². The molecule has 0 saturated heterocycles. The molecule has 0 aliphatic heterocycles. The summed E-state index contributed by atoms with van der Waals surface area (Å²) in [5.74, 6) is -0.596. The van der Waals surface area contributed by atoms with Crippen molar-refractivity contribution in [3.05, 3.63) is 88.7 Å². The minimum atomic E-state index is -4.61. The molecule has 0 unspecified atom stereocenters. The fraction of sp³-hybridized carbons (Fsp3) is 0.310. The number of halogens is 4. The van der Waals surface area contributed by atoms with E-state index in [1.54, 1.807) is 32.0 Å². The Morgan fingerprint density at radius 3 is 2.18 bits per heavy atom. The van der Waals surface area contributed by atoms with Crippen LogP contribution in [-0.4, -0.2) is 37.2 Å². The van der Waals surface area contributed by atoms with Gasteiger partial charge in [0.15, 0.2) is 0 Å². The molecule has 6 nitrogen and oxygen atoms in total. The molecule has 0 radical (unpaired) electrons. The van der Waals surface area contributed by atoms with Gasteiger partial charge in [0.25, 0.3) is 0 Å². The lowest BCUT2D eigenvalue weighted by Gasteiger charge is -2.23. The second kappa shape index (κ2) is 13.1. The van der Waals surface area contributed by atoms with Crippen molar-refractivity contribution in [3.63, 3.8) is 0 Å². The SMILES string of the molecule is CCOC(=O)Cc1ccc(OC)c(-c2cc(C(F)(F)F)ccc2CN(CC)C(=O)OCc2ccc(F)cc2)c1. The number of esters is 1. The van der Waals surface area contributed by atoms with Gasteiger partial charge in [-0.1, -0.05) is 24.3 Å². The predicted octanol–water partition coefficient (Wildman–Crippen LogP) is 6.78. The van der Waals surface area contributed by atoms with E-state index in [1.165, 1.54) is 42.3 Å². The van der Waals surface area contributed by atoms with E-state index < -0.39 is 29.6 Å². The summed E-state index contributed by atoms with van der Waals surface area (Å²) in [5, 5.41) is 0. The predicted molar refractivity (Wildman–Crippen MR) is 136 cm³/mol. The number of carbonyl (C=O) groups is 2. The van der Waals surface area contributed by atoms with Crippen LogP contribution in [0.5, 0.6) is 5.75 Å². The topological polar surface area (TPSA) is 65.1 Å². The fourth-order valence-corrected chi connectivity index (χ4v) is 3.92. The van der Waals surface area contributed by atoms with Crippen LogP contribution in [0.4, 0.5) is 22.4 Å². The van der Waals surface area contributed by atoms with Crippen molar-refractivity contribution in [2.75, 3.05) is 20.3 Å².